The van der Waals surface area contributed by atoms with E-state index in [1.54, 1.807) is 0 Å². The van der Waals surface area contributed by atoms with Gasteiger partial charge in [0.25, 0.3) is 0 Å². The Hall–Kier alpha value is -0.570. The number of rotatable bonds is 3. The predicted octanol–water partition coefficient (Wildman–Crippen LogP) is 2.23. The van der Waals surface area contributed by atoms with Gasteiger partial charge in [-0.1, -0.05) is 33.1 Å². The highest BCUT2D eigenvalue weighted by Gasteiger charge is 2.31. The maximum Gasteiger partial charge on any atom is 0.116 e. The Labute approximate surface area is 87.1 Å². The molecule has 3 nitrogen and oxygen atoms in total. The van der Waals surface area contributed by atoms with Gasteiger partial charge in [-0.2, -0.15) is 0 Å². The summed E-state index contributed by atoms with van der Waals surface area (Å²) in [7, 11) is 0. The first kappa shape index (κ1) is 11.5. The largest absolute Gasteiger partial charge is 0.312 e. The van der Waals surface area contributed by atoms with Crippen LogP contribution in [0.3, 0.4) is 0 Å². The van der Waals surface area contributed by atoms with Crippen molar-refractivity contribution in [3.05, 3.63) is 0 Å². The fourth-order valence-electron chi connectivity index (χ4n) is 2.20. The molecule has 0 aromatic carbocycles. The van der Waals surface area contributed by atoms with E-state index >= 15 is 0 Å². The van der Waals surface area contributed by atoms with Gasteiger partial charge in [0.2, 0.25) is 0 Å². The molecule has 0 bridgehead atoms. The number of nitrogens with two attached hydrogens (primary N) is 1. The van der Waals surface area contributed by atoms with Crippen LogP contribution in [0.2, 0.25) is 0 Å². The summed E-state index contributed by atoms with van der Waals surface area (Å²) in [5.74, 6) is 6.56. The molecule has 0 aromatic heterocycles. The van der Waals surface area contributed by atoms with Crippen molar-refractivity contribution < 1.29 is 0 Å². The minimum absolute atomic E-state index is 0.210. The zero-order valence-corrected chi connectivity index (χ0v) is 9.47. The third kappa shape index (κ3) is 2.71. The lowest BCUT2D eigenvalue weighted by Gasteiger charge is -2.34. The van der Waals surface area contributed by atoms with Crippen LogP contribution in [0, 0.1) is 5.41 Å². The number of hydrazine groups is 1. The quantitative estimate of drug-likeness (QED) is 0.315. The highest BCUT2D eigenvalue weighted by molar-refractivity contribution is 5.87. The van der Waals surface area contributed by atoms with Crippen LogP contribution in [0.4, 0.5) is 0 Å². The summed E-state index contributed by atoms with van der Waals surface area (Å²) in [6, 6.07) is 0. The van der Waals surface area contributed by atoms with Crippen molar-refractivity contribution in [1.29, 1.82) is 0 Å². The minimum atomic E-state index is 0.210. The van der Waals surface area contributed by atoms with Gasteiger partial charge in [0, 0.05) is 12.0 Å². The number of aliphatic imine (C=N–C) groups is 1. The van der Waals surface area contributed by atoms with E-state index in [-0.39, 0.29) is 5.41 Å². The molecule has 0 unspecified atom stereocenters. The van der Waals surface area contributed by atoms with Crippen LogP contribution in [0.15, 0.2) is 4.99 Å². The Balaban J connectivity index is 2.65. The van der Waals surface area contributed by atoms with Gasteiger partial charge in [0.05, 0.1) is 0 Å². The number of nitrogens with one attached hydrogen (secondary N) is 1. The van der Waals surface area contributed by atoms with Crippen LogP contribution in [0.5, 0.6) is 0 Å². The topological polar surface area (TPSA) is 50.4 Å². The lowest BCUT2D eigenvalue weighted by atomic mass is 9.75. The fraction of sp³-hybridized carbons (Fsp3) is 0.909. The van der Waals surface area contributed by atoms with Crippen molar-refractivity contribution in [1.82, 2.24) is 5.43 Å². The van der Waals surface area contributed by atoms with E-state index in [9.17, 15) is 0 Å². The molecule has 1 aliphatic rings. The molecule has 0 aliphatic heterocycles. The van der Waals surface area contributed by atoms with E-state index < -0.39 is 0 Å². The first-order chi connectivity index (χ1) is 6.73. The van der Waals surface area contributed by atoms with Gasteiger partial charge in [-0.05, 0) is 19.3 Å². The van der Waals surface area contributed by atoms with Gasteiger partial charge in [-0.25, -0.2) is 5.84 Å². The van der Waals surface area contributed by atoms with Crippen molar-refractivity contribution >= 4 is 5.84 Å². The second-order valence-electron chi connectivity index (χ2n) is 4.50. The normalized spacial score (nSPS) is 22.1. The maximum atomic E-state index is 5.55. The van der Waals surface area contributed by atoms with Crippen molar-refractivity contribution in [3.63, 3.8) is 0 Å². The standard InChI is InChI=1S/C11H23N3/c1-3-9-13-10(14-12)11(2)7-5-4-6-8-11/h3-9,12H2,1-2H3,(H,13,14). The molecule has 0 atom stereocenters. The predicted molar refractivity (Wildman–Crippen MR) is 61.1 cm³/mol. The van der Waals surface area contributed by atoms with Gasteiger partial charge in [0.1, 0.15) is 5.84 Å². The van der Waals surface area contributed by atoms with Gasteiger partial charge in [0.15, 0.2) is 0 Å². The molecular formula is C11H23N3. The van der Waals surface area contributed by atoms with E-state index in [2.05, 4.69) is 24.3 Å². The summed E-state index contributed by atoms with van der Waals surface area (Å²) in [5.41, 5.74) is 3.01. The van der Waals surface area contributed by atoms with Gasteiger partial charge < -0.3 is 5.43 Å². The Kier molecular flexibility index (Phi) is 4.39. The van der Waals surface area contributed by atoms with Crippen molar-refractivity contribution in [2.75, 3.05) is 6.54 Å². The molecule has 0 amide bonds. The lowest BCUT2D eigenvalue weighted by Crippen LogP contribution is -2.44. The molecule has 1 aliphatic carbocycles. The fourth-order valence-corrected chi connectivity index (χ4v) is 2.20. The molecule has 3 N–H and O–H groups in total. The molecule has 0 saturated heterocycles. The molecule has 1 saturated carbocycles. The monoisotopic (exact) mass is 197 g/mol. The van der Waals surface area contributed by atoms with Crippen LogP contribution in [-0.2, 0) is 0 Å². The van der Waals surface area contributed by atoms with Crippen LogP contribution in [-0.4, -0.2) is 12.4 Å². The average Bonchev–Trinajstić information content (AvgIpc) is 2.20. The highest BCUT2D eigenvalue weighted by atomic mass is 15.3. The maximum absolute atomic E-state index is 5.55. The van der Waals surface area contributed by atoms with E-state index in [4.69, 9.17) is 5.84 Å². The van der Waals surface area contributed by atoms with E-state index in [1.807, 2.05) is 0 Å². The molecule has 82 valence electrons. The Morgan fingerprint density at radius 1 is 1.36 bits per heavy atom. The average molecular weight is 197 g/mol. The summed E-state index contributed by atoms with van der Waals surface area (Å²) in [6.45, 7) is 5.30. The van der Waals surface area contributed by atoms with Crippen molar-refractivity contribution in [3.8, 4) is 0 Å². The molecule has 0 spiro atoms. The summed E-state index contributed by atoms with van der Waals surface area (Å²) in [6.07, 6.45) is 7.51. The van der Waals surface area contributed by atoms with Gasteiger partial charge >= 0.3 is 0 Å². The van der Waals surface area contributed by atoms with Crippen LogP contribution in [0.25, 0.3) is 0 Å². The second kappa shape index (κ2) is 5.35. The zero-order valence-electron chi connectivity index (χ0n) is 9.47. The highest BCUT2D eigenvalue weighted by Crippen LogP contribution is 2.36. The number of hydrogen-bond acceptors (Lipinski definition) is 2. The first-order valence-corrected chi connectivity index (χ1v) is 5.74. The van der Waals surface area contributed by atoms with Gasteiger partial charge in [-0.15, -0.1) is 0 Å². The minimum Gasteiger partial charge on any atom is -0.312 e. The van der Waals surface area contributed by atoms with Crippen LogP contribution in [0.1, 0.15) is 52.4 Å². The Morgan fingerprint density at radius 3 is 2.50 bits per heavy atom. The Bertz CT molecular complexity index is 193. The number of amidine groups is 1. The van der Waals surface area contributed by atoms with Crippen molar-refractivity contribution in [2.24, 2.45) is 16.3 Å². The first-order valence-electron chi connectivity index (χ1n) is 5.74. The third-order valence-corrected chi connectivity index (χ3v) is 3.16. The van der Waals surface area contributed by atoms with Crippen LogP contribution >= 0.6 is 0 Å². The van der Waals surface area contributed by atoms with Crippen molar-refractivity contribution in [2.45, 2.75) is 52.4 Å². The Morgan fingerprint density at radius 2 is 2.00 bits per heavy atom. The van der Waals surface area contributed by atoms with E-state index in [0.717, 1.165) is 18.8 Å². The SMILES string of the molecule is CCCN=C(NN)C1(C)CCCCC1. The van der Waals surface area contributed by atoms with E-state index in [0.29, 0.717) is 0 Å². The molecule has 1 rings (SSSR count). The molecule has 0 aromatic rings. The molecule has 14 heavy (non-hydrogen) atoms. The molecule has 0 radical (unpaired) electrons. The van der Waals surface area contributed by atoms with E-state index in [1.165, 1.54) is 32.1 Å². The molecule has 3 heteroatoms. The lowest BCUT2D eigenvalue weighted by molar-refractivity contribution is 0.304. The van der Waals surface area contributed by atoms with Gasteiger partial charge in [-0.3, -0.25) is 4.99 Å². The zero-order chi connectivity index (χ0) is 10.4. The summed E-state index contributed by atoms with van der Waals surface area (Å²) in [5, 5.41) is 0. The molecule has 0 heterocycles. The number of hydrogen-bond donors (Lipinski definition) is 2. The number of nitrogens with zero attached hydrogens (tertiary/aromatic N) is 1. The summed E-state index contributed by atoms with van der Waals surface area (Å²) >= 11 is 0. The summed E-state index contributed by atoms with van der Waals surface area (Å²) < 4.78 is 0. The third-order valence-electron chi connectivity index (χ3n) is 3.16. The molecule has 1 fully saturated rings. The molecular weight excluding hydrogens is 174 g/mol. The van der Waals surface area contributed by atoms with Crippen LogP contribution < -0.4 is 11.3 Å². The smallest absolute Gasteiger partial charge is 0.116 e. The summed E-state index contributed by atoms with van der Waals surface area (Å²) in [4.78, 5) is 4.54. The second-order valence-corrected chi connectivity index (χ2v) is 4.50.